The lowest BCUT2D eigenvalue weighted by atomic mass is 10.2. The van der Waals surface area contributed by atoms with Gasteiger partial charge in [-0.2, -0.15) is 13.9 Å². The second-order valence-corrected chi connectivity index (χ2v) is 3.46. The summed E-state index contributed by atoms with van der Waals surface area (Å²) in [4.78, 5) is 0. The number of nitrogens with zero attached hydrogens (tertiary/aromatic N) is 4. The molecule has 5 nitrogen and oxygen atoms in total. The van der Waals surface area contributed by atoms with Gasteiger partial charge in [0.2, 0.25) is 0 Å². The first-order valence-corrected chi connectivity index (χ1v) is 4.89. The Bertz CT molecular complexity index is 531. The molecule has 2 heterocycles. The smallest absolute Gasteiger partial charge is 0.333 e. The molecule has 90 valence electrons. The summed E-state index contributed by atoms with van der Waals surface area (Å²) in [5, 5.41) is 11.1. The van der Waals surface area contributed by atoms with Crippen molar-refractivity contribution in [3.8, 4) is 17.0 Å². The van der Waals surface area contributed by atoms with E-state index in [2.05, 4.69) is 15.3 Å². The predicted molar refractivity (Wildman–Crippen MR) is 56.1 cm³/mol. The molecule has 0 amide bonds. The SMILES string of the molecule is COc1cc(Cl)nnc1-c1cnn(C(F)F)c1. The number of halogens is 3. The van der Waals surface area contributed by atoms with Gasteiger partial charge in [0.05, 0.1) is 13.3 Å². The van der Waals surface area contributed by atoms with Gasteiger partial charge >= 0.3 is 6.55 Å². The lowest BCUT2D eigenvalue weighted by molar-refractivity contribution is 0.0566. The molecular formula is C9H7ClF2N4O. The molecule has 0 spiro atoms. The standard InChI is InChI=1S/C9H7ClF2N4O/c1-17-6-2-7(10)14-15-8(6)5-3-13-16(4-5)9(11)12/h2-4,9H,1H3. The van der Waals surface area contributed by atoms with E-state index in [4.69, 9.17) is 16.3 Å². The van der Waals surface area contributed by atoms with E-state index in [1.807, 2.05) is 0 Å². The molecule has 0 unspecified atom stereocenters. The maximum Gasteiger partial charge on any atom is 0.333 e. The Kier molecular flexibility index (Phi) is 3.19. The molecule has 2 rings (SSSR count). The van der Waals surface area contributed by atoms with Crippen LogP contribution >= 0.6 is 11.6 Å². The van der Waals surface area contributed by atoms with Gasteiger partial charge < -0.3 is 4.74 Å². The predicted octanol–water partition coefficient (Wildman–Crippen LogP) is 2.40. The fraction of sp³-hybridized carbons (Fsp3) is 0.222. The Balaban J connectivity index is 2.44. The van der Waals surface area contributed by atoms with Crippen LogP contribution in [0.2, 0.25) is 5.15 Å². The van der Waals surface area contributed by atoms with Crippen molar-refractivity contribution < 1.29 is 13.5 Å². The summed E-state index contributed by atoms with van der Waals surface area (Å²) >= 11 is 5.64. The maximum atomic E-state index is 12.4. The van der Waals surface area contributed by atoms with Crippen LogP contribution in [0.4, 0.5) is 8.78 Å². The molecule has 17 heavy (non-hydrogen) atoms. The Morgan fingerprint density at radius 1 is 1.41 bits per heavy atom. The van der Waals surface area contributed by atoms with Crippen LogP contribution in [0.15, 0.2) is 18.5 Å². The molecule has 8 heteroatoms. The van der Waals surface area contributed by atoms with E-state index >= 15 is 0 Å². The molecule has 0 saturated heterocycles. The topological polar surface area (TPSA) is 52.8 Å². The molecule has 0 fully saturated rings. The minimum Gasteiger partial charge on any atom is -0.494 e. The van der Waals surface area contributed by atoms with Crippen molar-refractivity contribution in [1.82, 2.24) is 20.0 Å². The third-order valence-corrected chi connectivity index (χ3v) is 2.21. The number of ether oxygens (including phenoxy) is 1. The zero-order valence-corrected chi connectivity index (χ0v) is 9.40. The third-order valence-electron chi connectivity index (χ3n) is 2.02. The summed E-state index contributed by atoms with van der Waals surface area (Å²) in [7, 11) is 1.42. The summed E-state index contributed by atoms with van der Waals surface area (Å²) in [6.45, 7) is -2.70. The van der Waals surface area contributed by atoms with Gasteiger partial charge in [-0.3, -0.25) is 0 Å². The lowest BCUT2D eigenvalue weighted by Crippen LogP contribution is -1.97. The van der Waals surface area contributed by atoms with Crippen LogP contribution in [0, 0.1) is 0 Å². The molecule has 0 atom stereocenters. The highest BCUT2D eigenvalue weighted by Gasteiger charge is 2.14. The quantitative estimate of drug-likeness (QED) is 0.850. The van der Waals surface area contributed by atoms with Gasteiger partial charge in [0.15, 0.2) is 5.15 Å². The molecule has 0 aliphatic carbocycles. The first kappa shape index (κ1) is 11.7. The van der Waals surface area contributed by atoms with Gasteiger partial charge in [0.25, 0.3) is 0 Å². The van der Waals surface area contributed by atoms with Gasteiger partial charge in [-0.05, 0) is 0 Å². The van der Waals surface area contributed by atoms with Crippen molar-refractivity contribution in [1.29, 1.82) is 0 Å². The molecule has 0 aromatic carbocycles. The molecule has 2 aromatic heterocycles. The van der Waals surface area contributed by atoms with E-state index < -0.39 is 6.55 Å². The second-order valence-electron chi connectivity index (χ2n) is 3.07. The number of methoxy groups -OCH3 is 1. The van der Waals surface area contributed by atoms with Crippen LogP contribution in [0.3, 0.4) is 0 Å². The van der Waals surface area contributed by atoms with Gasteiger partial charge in [0, 0.05) is 17.8 Å². The second kappa shape index (κ2) is 4.62. The monoisotopic (exact) mass is 260 g/mol. The Morgan fingerprint density at radius 3 is 2.76 bits per heavy atom. The van der Waals surface area contributed by atoms with Gasteiger partial charge in [0.1, 0.15) is 11.4 Å². The largest absolute Gasteiger partial charge is 0.494 e. The summed E-state index contributed by atoms with van der Waals surface area (Å²) < 4.78 is 30.3. The summed E-state index contributed by atoms with van der Waals surface area (Å²) in [5.41, 5.74) is 0.690. The Hall–Kier alpha value is -1.76. The Labute approximate surface area is 100.0 Å². The minimum atomic E-state index is -2.70. The van der Waals surface area contributed by atoms with Crippen molar-refractivity contribution in [2.75, 3.05) is 7.11 Å². The van der Waals surface area contributed by atoms with Crippen LogP contribution in [0.5, 0.6) is 5.75 Å². The average Bonchev–Trinajstić information content (AvgIpc) is 2.78. The number of rotatable bonds is 3. The molecule has 0 aliphatic heterocycles. The summed E-state index contributed by atoms with van der Waals surface area (Å²) in [6.07, 6.45) is 2.41. The Morgan fingerprint density at radius 2 is 2.18 bits per heavy atom. The fourth-order valence-electron chi connectivity index (χ4n) is 1.28. The fourth-order valence-corrected chi connectivity index (χ4v) is 1.41. The summed E-state index contributed by atoms with van der Waals surface area (Å²) in [5.74, 6) is 0.346. The van der Waals surface area contributed by atoms with Crippen LogP contribution in [0.1, 0.15) is 6.55 Å². The zero-order valence-electron chi connectivity index (χ0n) is 8.64. The first-order valence-electron chi connectivity index (χ1n) is 4.51. The lowest BCUT2D eigenvalue weighted by Gasteiger charge is -2.04. The van der Waals surface area contributed by atoms with E-state index in [1.54, 1.807) is 0 Å². The molecule has 0 bridgehead atoms. The number of hydrogen-bond donors (Lipinski definition) is 0. The van der Waals surface area contributed by atoms with Crippen LogP contribution in [-0.2, 0) is 0 Å². The maximum absolute atomic E-state index is 12.4. The zero-order chi connectivity index (χ0) is 12.4. The van der Waals surface area contributed by atoms with Crippen LogP contribution in [-0.4, -0.2) is 27.1 Å². The number of aromatic nitrogens is 4. The normalized spacial score (nSPS) is 10.9. The number of alkyl halides is 2. The van der Waals surface area contributed by atoms with E-state index in [0.29, 0.717) is 21.7 Å². The van der Waals surface area contributed by atoms with Crippen molar-refractivity contribution in [2.24, 2.45) is 0 Å². The third kappa shape index (κ3) is 2.33. The average molecular weight is 261 g/mol. The molecular weight excluding hydrogens is 254 g/mol. The highest BCUT2D eigenvalue weighted by atomic mass is 35.5. The first-order chi connectivity index (χ1) is 8.11. The van der Waals surface area contributed by atoms with Crippen molar-refractivity contribution >= 4 is 11.6 Å². The van der Waals surface area contributed by atoms with E-state index in [1.165, 1.54) is 19.4 Å². The van der Waals surface area contributed by atoms with Crippen molar-refractivity contribution in [2.45, 2.75) is 6.55 Å². The van der Waals surface area contributed by atoms with Gasteiger partial charge in [-0.1, -0.05) is 11.6 Å². The van der Waals surface area contributed by atoms with Crippen LogP contribution < -0.4 is 4.74 Å². The van der Waals surface area contributed by atoms with Crippen molar-refractivity contribution in [3.05, 3.63) is 23.6 Å². The van der Waals surface area contributed by atoms with E-state index in [-0.39, 0.29) is 5.15 Å². The molecule has 2 aromatic rings. The molecule has 0 saturated carbocycles. The number of hydrogen-bond acceptors (Lipinski definition) is 4. The summed E-state index contributed by atoms with van der Waals surface area (Å²) in [6, 6.07) is 1.45. The minimum absolute atomic E-state index is 0.159. The van der Waals surface area contributed by atoms with Gasteiger partial charge in [-0.25, -0.2) is 4.68 Å². The molecule has 0 N–H and O–H groups in total. The molecule has 0 radical (unpaired) electrons. The highest BCUT2D eigenvalue weighted by molar-refractivity contribution is 6.29. The van der Waals surface area contributed by atoms with Gasteiger partial charge in [-0.15, -0.1) is 10.2 Å². The highest BCUT2D eigenvalue weighted by Crippen LogP contribution is 2.28. The van der Waals surface area contributed by atoms with Crippen LogP contribution in [0.25, 0.3) is 11.3 Å². The molecule has 0 aliphatic rings. The van der Waals surface area contributed by atoms with Crippen molar-refractivity contribution in [3.63, 3.8) is 0 Å². The van der Waals surface area contributed by atoms with E-state index in [0.717, 1.165) is 6.20 Å². The van der Waals surface area contributed by atoms with E-state index in [9.17, 15) is 8.78 Å².